The Balaban J connectivity index is 2.00. The van der Waals surface area contributed by atoms with Crippen LogP contribution in [-0.4, -0.2) is 11.6 Å². The van der Waals surface area contributed by atoms with Crippen molar-refractivity contribution in [2.75, 3.05) is 0 Å². The van der Waals surface area contributed by atoms with Crippen molar-refractivity contribution in [3.63, 3.8) is 0 Å². The van der Waals surface area contributed by atoms with Gasteiger partial charge in [-0.1, -0.05) is 25.1 Å². The van der Waals surface area contributed by atoms with Gasteiger partial charge in [-0.2, -0.15) is 5.10 Å². The molecule has 1 fully saturated rings. The third-order valence-electron chi connectivity index (χ3n) is 3.45. The average molecular weight is 244 g/mol. The minimum atomic E-state index is -0.112. The summed E-state index contributed by atoms with van der Waals surface area (Å²) in [5.74, 6) is 0.576. The maximum absolute atomic E-state index is 12.0. The van der Waals surface area contributed by atoms with Crippen LogP contribution in [0.25, 0.3) is 0 Å². The molecule has 18 heavy (non-hydrogen) atoms. The van der Waals surface area contributed by atoms with Crippen molar-refractivity contribution in [3.05, 3.63) is 35.4 Å². The van der Waals surface area contributed by atoms with Crippen LogP contribution in [0, 0.1) is 12.8 Å². The van der Waals surface area contributed by atoms with Crippen molar-refractivity contribution in [2.24, 2.45) is 11.0 Å². The third kappa shape index (κ3) is 3.19. The summed E-state index contributed by atoms with van der Waals surface area (Å²) in [6, 6.07) is 7.57. The largest absolute Gasteiger partial charge is 0.271 e. The van der Waals surface area contributed by atoms with Crippen LogP contribution in [0.3, 0.4) is 0 Å². The monoisotopic (exact) mass is 244 g/mol. The summed E-state index contributed by atoms with van der Waals surface area (Å²) in [5, 5.41) is 4.27. The summed E-state index contributed by atoms with van der Waals surface area (Å²) in [6.45, 7) is 4.17. The maximum Gasteiger partial charge on any atom is 0.271 e. The van der Waals surface area contributed by atoms with Gasteiger partial charge in [-0.25, -0.2) is 5.43 Å². The Kier molecular flexibility index (Phi) is 4.13. The molecule has 0 unspecified atom stereocenters. The SMILES string of the molecule is Cc1ccccc1C(=O)N/N=C1/CCC[C@H](C)C1. The molecule has 3 heteroatoms. The minimum absolute atomic E-state index is 0.112. The van der Waals surface area contributed by atoms with E-state index in [1.165, 1.54) is 12.8 Å². The third-order valence-corrected chi connectivity index (χ3v) is 3.45. The predicted molar refractivity (Wildman–Crippen MR) is 73.7 cm³/mol. The normalized spacial score (nSPS) is 21.9. The zero-order valence-corrected chi connectivity index (χ0v) is 11.1. The number of carbonyl (C=O) groups excluding carboxylic acids is 1. The Morgan fingerprint density at radius 1 is 1.39 bits per heavy atom. The Morgan fingerprint density at radius 2 is 2.17 bits per heavy atom. The fourth-order valence-electron chi connectivity index (χ4n) is 2.38. The highest BCUT2D eigenvalue weighted by Gasteiger charge is 2.14. The van der Waals surface area contributed by atoms with Gasteiger partial charge in [0.2, 0.25) is 0 Å². The number of rotatable bonds is 2. The zero-order valence-electron chi connectivity index (χ0n) is 11.1. The first kappa shape index (κ1) is 12.8. The van der Waals surface area contributed by atoms with Gasteiger partial charge in [-0.3, -0.25) is 4.79 Å². The van der Waals surface area contributed by atoms with Gasteiger partial charge in [-0.15, -0.1) is 0 Å². The number of benzene rings is 1. The number of hydrogen-bond acceptors (Lipinski definition) is 2. The lowest BCUT2D eigenvalue weighted by Gasteiger charge is -2.19. The maximum atomic E-state index is 12.0. The van der Waals surface area contributed by atoms with Crippen LogP contribution in [-0.2, 0) is 0 Å². The molecule has 1 aromatic carbocycles. The van der Waals surface area contributed by atoms with E-state index < -0.39 is 0 Å². The minimum Gasteiger partial charge on any atom is -0.267 e. The first-order chi connectivity index (χ1) is 8.66. The summed E-state index contributed by atoms with van der Waals surface area (Å²) in [7, 11) is 0. The highest BCUT2D eigenvalue weighted by atomic mass is 16.2. The van der Waals surface area contributed by atoms with Crippen LogP contribution in [0.1, 0.15) is 48.5 Å². The van der Waals surface area contributed by atoms with E-state index in [2.05, 4.69) is 17.5 Å². The van der Waals surface area contributed by atoms with E-state index in [4.69, 9.17) is 0 Å². The Labute approximate surface area is 108 Å². The molecule has 0 saturated heterocycles. The number of nitrogens with zero attached hydrogens (tertiary/aromatic N) is 1. The van der Waals surface area contributed by atoms with Crippen molar-refractivity contribution < 1.29 is 4.79 Å². The average Bonchev–Trinajstić information content (AvgIpc) is 2.37. The molecule has 0 heterocycles. The number of carbonyl (C=O) groups is 1. The highest BCUT2D eigenvalue weighted by Crippen LogP contribution is 2.21. The molecular formula is C15H20N2O. The highest BCUT2D eigenvalue weighted by molar-refractivity contribution is 5.96. The van der Waals surface area contributed by atoms with Crippen LogP contribution < -0.4 is 5.43 Å². The molecule has 2 rings (SSSR count). The topological polar surface area (TPSA) is 41.5 Å². The smallest absolute Gasteiger partial charge is 0.267 e. The summed E-state index contributed by atoms with van der Waals surface area (Å²) < 4.78 is 0. The van der Waals surface area contributed by atoms with E-state index in [-0.39, 0.29) is 5.91 Å². The lowest BCUT2D eigenvalue weighted by atomic mass is 9.89. The van der Waals surface area contributed by atoms with Gasteiger partial charge >= 0.3 is 0 Å². The van der Waals surface area contributed by atoms with Crippen molar-refractivity contribution in [3.8, 4) is 0 Å². The molecule has 0 radical (unpaired) electrons. The lowest BCUT2D eigenvalue weighted by Crippen LogP contribution is -2.22. The molecule has 1 aliphatic rings. The van der Waals surface area contributed by atoms with E-state index in [1.54, 1.807) is 0 Å². The number of hydrazone groups is 1. The second kappa shape index (κ2) is 5.80. The number of amides is 1. The van der Waals surface area contributed by atoms with E-state index >= 15 is 0 Å². The molecule has 0 spiro atoms. The number of hydrogen-bond donors (Lipinski definition) is 1. The van der Waals surface area contributed by atoms with Gasteiger partial charge in [0.05, 0.1) is 0 Å². The van der Waals surface area contributed by atoms with E-state index in [0.29, 0.717) is 11.5 Å². The molecule has 1 aromatic rings. The van der Waals surface area contributed by atoms with Crippen LogP contribution in [0.5, 0.6) is 0 Å². The standard InChI is InChI=1S/C15H20N2O/c1-11-6-5-8-13(10-11)16-17-15(18)14-9-4-3-7-12(14)2/h3-4,7,9,11H,5-6,8,10H2,1-2H3,(H,17,18)/b16-13-/t11-/m0/s1. The molecule has 1 N–H and O–H groups in total. The molecule has 1 saturated carbocycles. The van der Waals surface area contributed by atoms with Crippen LogP contribution in [0.15, 0.2) is 29.4 Å². The zero-order chi connectivity index (χ0) is 13.0. The van der Waals surface area contributed by atoms with Gasteiger partial charge in [0.1, 0.15) is 0 Å². The first-order valence-electron chi connectivity index (χ1n) is 6.58. The van der Waals surface area contributed by atoms with E-state index in [0.717, 1.165) is 24.1 Å². The molecule has 0 bridgehead atoms. The molecule has 0 aromatic heterocycles. The quantitative estimate of drug-likeness (QED) is 0.797. The Morgan fingerprint density at radius 3 is 2.89 bits per heavy atom. The van der Waals surface area contributed by atoms with Crippen LogP contribution >= 0.6 is 0 Å². The molecule has 1 aliphatic carbocycles. The van der Waals surface area contributed by atoms with E-state index in [1.807, 2.05) is 31.2 Å². The van der Waals surface area contributed by atoms with Gasteiger partial charge in [0, 0.05) is 11.3 Å². The summed E-state index contributed by atoms with van der Waals surface area (Å²) in [5.41, 5.74) is 5.48. The van der Waals surface area contributed by atoms with Crippen molar-refractivity contribution in [1.29, 1.82) is 0 Å². The Bertz CT molecular complexity index is 465. The lowest BCUT2D eigenvalue weighted by molar-refractivity contribution is 0.0954. The van der Waals surface area contributed by atoms with Crippen LogP contribution in [0.4, 0.5) is 0 Å². The van der Waals surface area contributed by atoms with E-state index in [9.17, 15) is 4.79 Å². The summed E-state index contributed by atoms with van der Waals surface area (Å²) in [6.07, 6.45) is 4.47. The molecule has 1 amide bonds. The molecule has 1 atom stereocenters. The molecular weight excluding hydrogens is 224 g/mol. The molecule has 96 valence electrons. The van der Waals surface area contributed by atoms with Gasteiger partial charge in [0.15, 0.2) is 0 Å². The Hall–Kier alpha value is -1.64. The molecule has 3 nitrogen and oxygen atoms in total. The fourth-order valence-corrected chi connectivity index (χ4v) is 2.38. The first-order valence-corrected chi connectivity index (χ1v) is 6.58. The van der Waals surface area contributed by atoms with Gasteiger partial charge in [0.25, 0.3) is 5.91 Å². The van der Waals surface area contributed by atoms with Gasteiger partial charge in [-0.05, 0) is 50.2 Å². The van der Waals surface area contributed by atoms with Gasteiger partial charge < -0.3 is 0 Å². The fraction of sp³-hybridized carbons (Fsp3) is 0.467. The predicted octanol–water partition coefficient (Wildman–Crippen LogP) is 3.29. The molecule has 0 aliphatic heterocycles. The van der Waals surface area contributed by atoms with Crippen LogP contribution in [0.2, 0.25) is 0 Å². The second-order valence-electron chi connectivity index (χ2n) is 5.14. The second-order valence-corrected chi connectivity index (χ2v) is 5.14. The number of aryl methyl sites for hydroxylation is 1. The summed E-state index contributed by atoms with van der Waals surface area (Å²) >= 11 is 0. The van der Waals surface area contributed by atoms with Crippen molar-refractivity contribution in [2.45, 2.75) is 39.5 Å². The van der Waals surface area contributed by atoms with Crippen molar-refractivity contribution >= 4 is 11.6 Å². The summed E-state index contributed by atoms with van der Waals surface area (Å²) in [4.78, 5) is 12.0. The number of nitrogens with one attached hydrogen (secondary N) is 1. The van der Waals surface area contributed by atoms with Crippen molar-refractivity contribution in [1.82, 2.24) is 5.43 Å².